The molecule has 2 N–H and O–H groups in total. The van der Waals surface area contributed by atoms with Crippen LogP contribution in [0.2, 0.25) is 0 Å². The van der Waals surface area contributed by atoms with Gasteiger partial charge < -0.3 is 5.73 Å². The van der Waals surface area contributed by atoms with E-state index in [0.29, 0.717) is 0 Å². The van der Waals surface area contributed by atoms with Gasteiger partial charge in [0.1, 0.15) is 5.50 Å². The normalized spacial score (nSPS) is 20.7. The van der Waals surface area contributed by atoms with Gasteiger partial charge in [-0.05, 0) is 24.0 Å². The Kier molecular flexibility index (Phi) is 2.70. The van der Waals surface area contributed by atoms with E-state index in [4.69, 9.17) is 5.73 Å². The summed E-state index contributed by atoms with van der Waals surface area (Å²) >= 11 is 1.53. The maximum atomic E-state index is 5.72. The van der Waals surface area contributed by atoms with E-state index in [9.17, 15) is 0 Å². The first kappa shape index (κ1) is 9.49. The van der Waals surface area contributed by atoms with E-state index in [2.05, 4.69) is 36.2 Å². The first-order valence-electron chi connectivity index (χ1n) is 4.48. The Labute approximate surface area is 87.9 Å². The molecule has 0 saturated carbocycles. The van der Waals surface area contributed by atoms with Gasteiger partial charge in [-0.1, -0.05) is 41.6 Å². The van der Waals surface area contributed by atoms with Gasteiger partial charge in [-0.25, -0.2) is 0 Å². The maximum Gasteiger partial charge on any atom is 0.149 e. The van der Waals surface area contributed by atoms with Crippen molar-refractivity contribution in [3.63, 3.8) is 0 Å². The summed E-state index contributed by atoms with van der Waals surface area (Å²) in [6.07, 6.45) is 2.00. The van der Waals surface area contributed by atoms with E-state index >= 15 is 0 Å². The Balaban J connectivity index is 2.31. The van der Waals surface area contributed by atoms with Gasteiger partial charge in [-0.3, -0.25) is 4.99 Å². The Bertz CT molecular complexity index is 379. The highest BCUT2D eigenvalue weighted by Gasteiger charge is 2.07. The summed E-state index contributed by atoms with van der Waals surface area (Å²) < 4.78 is 0. The van der Waals surface area contributed by atoms with Gasteiger partial charge in [0.15, 0.2) is 0 Å². The minimum atomic E-state index is -0.156. The van der Waals surface area contributed by atoms with Gasteiger partial charge in [0, 0.05) is 0 Å². The van der Waals surface area contributed by atoms with Gasteiger partial charge in [-0.15, -0.1) is 0 Å². The van der Waals surface area contributed by atoms with Gasteiger partial charge in [0.2, 0.25) is 0 Å². The van der Waals surface area contributed by atoms with E-state index in [0.717, 1.165) is 11.3 Å². The Morgan fingerprint density at radius 2 is 2.00 bits per heavy atom. The molecule has 1 aliphatic heterocycles. The molecule has 72 valence electrons. The fourth-order valence-electron chi connectivity index (χ4n) is 1.29. The Hall–Kier alpha value is -1.06. The van der Waals surface area contributed by atoms with Crippen molar-refractivity contribution in [3.8, 4) is 0 Å². The predicted octanol–water partition coefficient (Wildman–Crippen LogP) is 2.29. The zero-order valence-corrected chi connectivity index (χ0v) is 8.79. The van der Waals surface area contributed by atoms with Crippen LogP contribution in [0.4, 0.5) is 0 Å². The molecule has 2 rings (SSSR count). The second-order valence-electron chi connectivity index (χ2n) is 3.21. The summed E-state index contributed by atoms with van der Waals surface area (Å²) in [4.78, 5) is 4.35. The van der Waals surface area contributed by atoms with E-state index in [1.165, 1.54) is 17.3 Å². The fourth-order valence-corrected chi connectivity index (χ4v) is 1.83. The lowest BCUT2D eigenvalue weighted by molar-refractivity contribution is 0.991. The quantitative estimate of drug-likeness (QED) is 0.762. The number of nitrogens with two attached hydrogens (primary N) is 1. The molecule has 1 unspecified atom stereocenters. The zero-order valence-electron chi connectivity index (χ0n) is 7.97. The largest absolute Gasteiger partial charge is 0.301 e. The molecule has 0 bridgehead atoms. The summed E-state index contributed by atoms with van der Waals surface area (Å²) in [6.45, 7) is 2.07. The van der Waals surface area contributed by atoms with Crippen molar-refractivity contribution in [1.82, 2.24) is 0 Å². The summed E-state index contributed by atoms with van der Waals surface area (Å²) in [5.74, 6) is 0. The first-order valence-corrected chi connectivity index (χ1v) is 5.42. The smallest absolute Gasteiger partial charge is 0.149 e. The van der Waals surface area contributed by atoms with Crippen molar-refractivity contribution in [2.24, 2.45) is 10.7 Å². The second kappa shape index (κ2) is 3.98. The monoisotopic (exact) mass is 204 g/mol. The van der Waals surface area contributed by atoms with Crippen LogP contribution in [0.1, 0.15) is 11.1 Å². The van der Waals surface area contributed by atoms with Crippen molar-refractivity contribution in [2.45, 2.75) is 12.4 Å². The van der Waals surface area contributed by atoms with Crippen LogP contribution in [0.3, 0.4) is 0 Å². The molecule has 0 aliphatic carbocycles. The molecule has 0 spiro atoms. The Morgan fingerprint density at radius 3 is 2.64 bits per heavy atom. The van der Waals surface area contributed by atoms with Crippen LogP contribution >= 0.6 is 11.8 Å². The van der Waals surface area contributed by atoms with Crippen LogP contribution < -0.4 is 5.73 Å². The van der Waals surface area contributed by atoms with Crippen molar-refractivity contribution < 1.29 is 0 Å². The van der Waals surface area contributed by atoms with Crippen LogP contribution in [0.5, 0.6) is 0 Å². The molecule has 2 nitrogen and oxygen atoms in total. The third-order valence-corrected chi connectivity index (χ3v) is 2.74. The SMILES string of the molecule is Cc1ccc(C2=NC(N)SC=C2)cc1. The third kappa shape index (κ3) is 2.05. The number of hydrogen-bond acceptors (Lipinski definition) is 3. The van der Waals surface area contributed by atoms with Gasteiger partial charge in [0.25, 0.3) is 0 Å². The van der Waals surface area contributed by atoms with E-state index in [1.54, 1.807) is 0 Å². The van der Waals surface area contributed by atoms with Gasteiger partial charge in [0.05, 0.1) is 5.71 Å². The van der Waals surface area contributed by atoms with E-state index < -0.39 is 0 Å². The molecule has 14 heavy (non-hydrogen) atoms. The molecule has 0 radical (unpaired) electrons. The summed E-state index contributed by atoms with van der Waals surface area (Å²) in [7, 11) is 0. The molecule has 1 heterocycles. The van der Waals surface area contributed by atoms with Crippen molar-refractivity contribution in [1.29, 1.82) is 0 Å². The number of rotatable bonds is 1. The van der Waals surface area contributed by atoms with Crippen LogP contribution in [-0.2, 0) is 0 Å². The summed E-state index contributed by atoms with van der Waals surface area (Å²) in [5, 5.41) is 1.99. The fraction of sp³-hybridized carbons (Fsp3) is 0.182. The standard InChI is InChI=1S/C11H12N2S/c1-8-2-4-9(5-3-8)10-6-7-14-11(12)13-10/h2-7,11H,12H2,1H3. The molecule has 0 saturated heterocycles. The molecular weight excluding hydrogens is 192 g/mol. The van der Waals surface area contributed by atoms with Gasteiger partial charge >= 0.3 is 0 Å². The zero-order chi connectivity index (χ0) is 9.97. The second-order valence-corrected chi connectivity index (χ2v) is 4.24. The molecule has 1 aromatic rings. The number of allylic oxidation sites excluding steroid dienone is 1. The van der Waals surface area contributed by atoms with Crippen LogP contribution in [0.15, 0.2) is 40.7 Å². The Morgan fingerprint density at radius 1 is 1.29 bits per heavy atom. The summed E-state index contributed by atoms with van der Waals surface area (Å²) in [5.41, 5.74) is 8.91. The molecule has 1 aromatic carbocycles. The van der Waals surface area contributed by atoms with Crippen LogP contribution in [-0.4, -0.2) is 11.2 Å². The number of nitrogens with zero attached hydrogens (tertiary/aromatic N) is 1. The van der Waals surface area contributed by atoms with Crippen LogP contribution in [0, 0.1) is 6.92 Å². The molecule has 0 fully saturated rings. The lowest BCUT2D eigenvalue weighted by Crippen LogP contribution is -2.16. The average Bonchev–Trinajstić information content (AvgIpc) is 2.19. The topological polar surface area (TPSA) is 38.4 Å². The maximum absolute atomic E-state index is 5.72. The molecular formula is C11H12N2S. The van der Waals surface area contributed by atoms with E-state index in [1.807, 2.05) is 11.5 Å². The molecule has 0 amide bonds. The highest BCUT2D eigenvalue weighted by Crippen LogP contribution is 2.17. The highest BCUT2D eigenvalue weighted by atomic mass is 32.2. The average molecular weight is 204 g/mol. The van der Waals surface area contributed by atoms with Crippen molar-refractivity contribution in [2.75, 3.05) is 0 Å². The van der Waals surface area contributed by atoms with E-state index in [-0.39, 0.29) is 5.50 Å². The molecule has 0 aromatic heterocycles. The molecule has 3 heteroatoms. The lowest BCUT2D eigenvalue weighted by Gasteiger charge is -2.11. The number of aliphatic imine (C=N–C) groups is 1. The molecule has 1 aliphatic rings. The van der Waals surface area contributed by atoms with Crippen molar-refractivity contribution in [3.05, 3.63) is 46.9 Å². The number of aryl methyl sites for hydroxylation is 1. The van der Waals surface area contributed by atoms with Crippen LogP contribution in [0.25, 0.3) is 0 Å². The lowest BCUT2D eigenvalue weighted by atomic mass is 10.1. The first-order chi connectivity index (χ1) is 6.75. The molecule has 1 atom stereocenters. The minimum absolute atomic E-state index is 0.156. The third-order valence-electron chi connectivity index (χ3n) is 2.06. The number of thioether (sulfide) groups is 1. The number of benzene rings is 1. The summed E-state index contributed by atoms with van der Waals surface area (Å²) in [6, 6.07) is 8.31. The van der Waals surface area contributed by atoms with Crippen molar-refractivity contribution >= 4 is 17.5 Å². The minimum Gasteiger partial charge on any atom is -0.301 e. The highest BCUT2D eigenvalue weighted by molar-refractivity contribution is 8.02. The predicted molar refractivity (Wildman–Crippen MR) is 62.4 cm³/mol. The van der Waals surface area contributed by atoms with Gasteiger partial charge in [-0.2, -0.15) is 0 Å². The number of hydrogen-bond donors (Lipinski definition) is 1.